The van der Waals surface area contributed by atoms with E-state index in [1.165, 1.54) is 0 Å². The molecule has 0 radical (unpaired) electrons. The van der Waals surface area contributed by atoms with Crippen LogP contribution in [-0.4, -0.2) is 49.7 Å². The second-order valence-electron chi connectivity index (χ2n) is 6.66. The summed E-state index contributed by atoms with van der Waals surface area (Å²) < 4.78 is 17.3. The molecule has 4 nitrogen and oxygen atoms in total. The lowest BCUT2D eigenvalue weighted by atomic mass is 9.82. The molecule has 1 spiro atoms. The summed E-state index contributed by atoms with van der Waals surface area (Å²) in [6, 6.07) is 0.556. The van der Waals surface area contributed by atoms with Crippen molar-refractivity contribution in [1.29, 1.82) is 0 Å². The summed E-state index contributed by atoms with van der Waals surface area (Å²) in [5.74, 6) is 0. The molecule has 0 bridgehead atoms. The summed E-state index contributed by atoms with van der Waals surface area (Å²) in [5, 5.41) is 3.87. The Morgan fingerprint density at radius 1 is 1.05 bits per heavy atom. The maximum Gasteiger partial charge on any atom is 0.0741 e. The quantitative estimate of drug-likeness (QED) is 0.831. The largest absolute Gasteiger partial charge is 0.381 e. The zero-order valence-corrected chi connectivity index (χ0v) is 12.2. The second-order valence-corrected chi connectivity index (χ2v) is 6.66. The van der Waals surface area contributed by atoms with Crippen molar-refractivity contribution in [3.63, 3.8) is 0 Å². The van der Waals surface area contributed by atoms with Gasteiger partial charge in [-0.15, -0.1) is 0 Å². The van der Waals surface area contributed by atoms with Gasteiger partial charge in [0.05, 0.1) is 11.7 Å². The molecule has 3 atom stereocenters. The molecule has 0 aromatic carbocycles. The molecular weight excluding hydrogens is 242 g/mol. The van der Waals surface area contributed by atoms with E-state index < -0.39 is 0 Å². The van der Waals surface area contributed by atoms with E-state index in [0.717, 1.165) is 58.5 Å². The van der Waals surface area contributed by atoms with Gasteiger partial charge in [-0.1, -0.05) is 0 Å². The van der Waals surface area contributed by atoms with Crippen LogP contribution in [0.1, 0.15) is 46.0 Å². The van der Waals surface area contributed by atoms with E-state index in [1.54, 1.807) is 0 Å². The lowest BCUT2D eigenvalue weighted by molar-refractivity contribution is -0.142. The maximum absolute atomic E-state index is 6.11. The molecule has 0 aliphatic carbocycles. The van der Waals surface area contributed by atoms with Gasteiger partial charge < -0.3 is 19.5 Å². The highest BCUT2D eigenvalue weighted by Gasteiger charge is 2.43. The number of hydrogen-bond acceptors (Lipinski definition) is 4. The highest BCUT2D eigenvalue weighted by molar-refractivity contribution is 4.99. The smallest absolute Gasteiger partial charge is 0.0741 e. The van der Waals surface area contributed by atoms with Crippen LogP contribution in [0.15, 0.2) is 0 Å². The maximum atomic E-state index is 6.11. The topological polar surface area (TPSA) is 39.7 Å². The van der Waals surface area contributed by atoms with Gasteiger partial charge in [0.2, 0.25) is 0 Å². The Balaban J connectivity index is 1.62. The molecule has 3 heterocycles. The van der Waals surface area contributed by atoms with Crippen LogP contribution in [0.5, 0.6) is 0 Å². The van der Waals surface area contributed by atoms with Gasteiger partial charge in [-0.05, 0) is 46.0 Å². The third kappa shape index (κ3) is 2.82. The molecule has 1 N–H and O–H groups in total. The van der Waals surface area contributed by atoms with E-state index in [2.05, 4.69) is 19.2 Å². The van der Waals surface area contributed by atoms with Crippen LogP contribution in [0.3, 0.4) is 0 Å². The number of hydrogen-bond donors (Lipinski definition) is 1. The van der Waals surface area contributed by atoms with Crippen molar-refractivity contribution in [2.24, 2.45) is 0 Å². The van der Waals surface area contributed by atoms with Crippen molar-refractivity contribution in [2.75, 3.05) is 26.4 Å². The first-order chi connectivity index (χ1) is 9.12. The van der Waals surface area contributed by atoms with E-state index in [-0.39, 0.29) is 11.1 Å². The first kappa shape index (κ1) is 13.8. The van der Waals surface area contributed by atoms with Crippen molar-refractivity contribution in [1.82, 2.24) is 5.32 Å². The van der Waals surface area contributed by atoms with Gasteiger partial charge in [-0.2, -0.15) is 0 Å². The lowest BCUT2D eigenvalue weighted by Gasteiger charge is -2.45. The zero-order chi connectivity index (χ0) is 13.3. The molecule has 4 heteroatoms. The second kappa shape index (κ2) is 5.32. The van der Waals surface area contributed by atoms with E-state index >= 15 is 0 Å². The summed E-state index contributed by atoms with van der Waals surface area (Å²) in [5.41, 5.74) is 0.210. The zero-order valence-electron chi connectivity index (χ0n) is 12.2. The normalized spacial score (nSPS) is 42.6. The average Bonchev–Trinajstić information content (AvgIpc) is 2.70. The summed E-state index contributed by atoms with van der Waals surface area (Å²) >= 11 is 0. The van der Waals surface area contributed by atoms with Crippen LogP contribution < -0.4 is 5.32 Å². The van der Waals surface area contributed by atoms with Gasteiger partial charge in [0.15, 0.2) is 0 Å². The van der Waals surface area contributed by atoms with Crippen molar-refractivity contribution >= 4 is 0 Å². The predicted octanol–water partition coefficient (Wildman–Crippen LogP) is 1.87. The van der Waals surface area contributed by atoms with Gasteiger partial charge in [-0.3, -0.25) is 0 Å². The first-order valence-corrected chi connectivity index (χ1v) is 7.73. The van der Waals surface area contributed by atoms with E-state index in [4.69, 9.17) is 14.2 Å². The van der Waals surface area contributed by atoms with Crippen molar-refractivity contribution in [3.05, 3.63) is 0 Å². The molecule has 0 aromatic heterocycles. The first-order valence-electron chi connectivity index (χ1n) is 7.73. The summed E-state index contributed by atoms with van der Waals surface area (Å²) in [6.45, 7) is 7.95. The fraction of sp³-hybridized carbons (Fsp3) is 1.00. The predicted molar refractivity (Wildman–Crippen MR) is 73.3 cm³/mol. The molecule has 3 fully saturated rings. The Kier molecular flexibility index (Phi) is 3.87. The van der Waals surface area contributed by atoms with Gasteiger partial charge >= 0.3 is 0 Å². The molecule has 3 unspecified atom stereocenters. The van der Waals surface area contributed by atoms with Gasteiger partial charge in [-0.25, -0.2) is 0 Å². The Bertz CT molecular complexity index is 311. The minimum absolute atomic E-state index is 0.0766. The van der Waals surface area contributed by atoms with Gasteiger partial charge in [0.25, 0.3) is 0 Å². The highest BCUT2D eigenvalue weighted by Crippen LogP contribution is 2.36. The van der Waals surface area contributed by atoms with Crippen LogP contribution >= 0.6 is 0 Å². The summed E-state index contributed by atoms with van der Waals surface area (Å²) in [6.07, 6.45) is 5.76. The van der Waals surface area contributed by atoms with Crippen LogP contribution in [0, 0.1) is 0 Å². The van der Waals surface area contributed by atoms with Crippen molar-refractivity contribution in [2.45, 2.75) is 69.2 Å². The Hall–Kier alpha value is -0.160. The third-order valence-electron chi connectivity index (χ3n) is 5.32. The van der Waals surface area contributed by atoms with Crippen LogP contribution in [0.25, 0.3) is 0 Å². The van der Waals surface area contributed by atoms with Crippen molar-refractivity contribution < 1.29 is 14.2 Å². The van der Waals surface area contributed by atoms with Crippen LogP contribution in [0.2, 0.25) is 0 Å². The van der Waals surface area contributed by atoms with Crippen LogP contribution in [0.4, 0.5) is 0 Å². The highest BCUT2D eigenvalue weighted by atomic mass is 16.5. The SMILES string of the molecule is CC1OCCC1(C)NC1CCOC2(CCOCC2)C1. The molecular formula is C15H27NO3. The summed E-state index contributed by atoms with van der Waals surface area (Å²) in [4.78, 5) is 0. The standard InChI is InChI=1S/C15H27NO3/c1-12-14(2,4-10-18-12)16-13-3-7-19-15(11-13)5-8-17-9-6-15/h12-13,16H,3-11H2,1-2H3. The molecule has 19 heavy (non-hydrogen) atoms. The molecule has 0 aromatic rings. The average molecular weight is 269 g/mol. The fourth-order valence-electron chi connectivity index (χ4n) is 3.73. The minimum atomic E-state index is 0.0766. The Morgan fingerprint density at radius 3 is 2.53 bits per heavy atom. The third-order valence-corrected chi connectivity index (χ3v) is 5.32. The Labute approximate surface area is 116 Å². The van der Waals surface area contributed by atoms with E-state index in [9.17, 15) is 0 Å². The minimum Gasteiger partial charge on any atom is -0.381 e. The fourth-order valence-corrected chi connectivity index (χ4v) is 3.73. The lowest BCUT2D eigenvalue weighted by Crippen LogP contribution is -2.57. The molecule has 3 rings (SSSR count). The van der Waals surface area contributed by atoms with Gasteiger partial charge in [0.1, 0.15) is 0 Å². The monoisotopic (exact) mass is 269 g/mol. The number of rotatable bonds is 2. The number of nitrogens with one attached hydrogen (secondary N) is 1. The Morgan fingerprint density at radius 2 is 1.84 bits per heavy atom. The van der Waals surface area contributed by atoms with Crippen molar-refractivity contribution in [3.8, 4) is 0 Å². The van der Waals surface area contributed by atoms with E-state index in [1.807, 2.05) is 0 Å². The molecule has 0 amide bonds. The summed E-state index contributed by atoms with van der Waals surface area (Å²) in [7, 11) is 0. The molecule has 0 saturated carbocycles. The van der Waals surface area contributed by atoms with Crippen LogP contribution in [-0.2, 0) is 14.2 Å². The molecule has 3 saturated heterocycles. The number of ether oxygens (including phenoxy) is 3. The molecule has 110 valence electrons. The van der Waals surface area contributed by atoms with Gasteiger partial charge in [0, 0.05) is 38.0 Å². The molecule has 3 aliphatic rings. The molecule has 3 aliphatic heterocycles. The van der Waals surface area contributed by atoms with E-state index in [0.29, 0.717) is 12.1 Å².